The zero-order valence-corrected chi connectivity index (χ0v) is 17.0. The Balaban J connectivity index is 1.60. The second-order valence-electron chi connectivity index (χ2n) is 6.31. The van der Waals surface area contributed by atoms with Crippen LogP contribution in [0.2, 0.25) is 0 Å². The van der Waals surface area contributed by atoms with Gasteiger partial charge in [-0.15, -0.1) is 11.3 Å². The number of fused-ring (bicyclic) bond motifs is 2. The second-order valence-corrected chi connectivity index (χ2v) is 8.20. The Morgan fingerprint density at radius 1 is 1.17 bits per heavy atom. The summed E-state index contributed by atoms with van der Waals surface area (Å²) in [5, 5.41) is 0.593. The van der Waals surface area contributed by atoms with Crippen molar-refractivity contribution in [1.82, 2.24) is 9.97 Å². The molecular weight excluding hydrogens is 406 g/mol. The molecule has 0 aliphatic carbocycles. The van der Waals surface area contributed by atoms with Crippen molar-refractivity contribution in [2.75, 3.05) is 12.0 Å². The second kappa shape index (κ2) is 7.31. The summed E-state index contributed by atoms with van der Waals surface area (Å²) in [6, 6.07) is 14.9. The number of methoxy groups -OCH3 is 1. The fourth-order valence-electron chi connectivity index (χ4n) is 3.12. The van der Waals surface area contributed by atoms with Gasteiger partial charge in [0.15, 0.2) is 5.13 Å². The van der Waals surface area contributed by atoms with E-state index >= 15 is 0 Å². The molecule has 0 atom stereocenters. The highest BCUT2D eigenvalue weighted by molar-refractivity contribution is 7.22. The van der Waals surface area contributed by atoms with Crippen LogP contribution in [-0.4, -0.2) is 23.0 Å². The van der Waals surface area contributed by atoms with Gasteiger partial charge in [-0.3, -0.25) is 9.69 Å². The summed E-state index contributed by atoms with van der Waals surface area (Å²) in [6.45, 7) is 0.286. The summed E-state index contributed by atoms with van der Waals surface area (Å²) < 4.78 is 12.9. The third kappa shape index (κ3) is 3.26. The first-order valence-corrected chi connectivity index (χ1v) is 10.5. The number of hydrogen-bond acceptors (Lipinski definition) is 7. The van der Waals surface area contributed by atoms with E-state index in [0.29, 0.717) is 22.2 Å². The quantitative estimate of drug-likeness (QED) is 0.382. The van der Waals surface area contributed by atoms with Gasteiger partial charge in [0.2, 0.25) is 0 Å². The van der Waals surface area contributed by atoms with E-state index < -0.39 is 0 Å². The van der Waals surface area contributed by atoms with Gasteiger partial charge in [0, 0.05) is 5.56 Å². The molecule has 0 radical (unpaired) electrons. The zero-order valence-electron chi connectivity index (χ0n) is 15.4. The van der Waals surface area contributed by atoms with Crippen LogP contribution in [0.4, 0.5) is 5.13 Å². The van der Waals surface area contributed by atoms with E-state index in [4.69, 9.17) is 14.1 Å². The fourth-order valence-corrected chi connectivity index (χ4v) is 4.82. The van der Waals surface area contributed by atoms with E-state index in [1.54, 1.807) is 29.8 Å². The lowest BCUT2D eigenvalue weighted by molar-refractivity contribution is 0.0983. The third-order valence-corrected chi connectivity index (χ3v) is 6.37. The molecule has 0 fully saturated rings. The highest BCUT2D eigenvalue weighted by atomic mass is 32.1. The molecule has 0 spiro atoms. The maximum atomic E-state index is 13.5. The van der Waals surface area contributed by atoms with Gasteiger partial charge in [0.05, 0.1) is 40.3 Å². The maximum absolute atomic E-state index is 13.5. The number of benzene rings is 2. The van der Waals surface area contributed by atoms with Gasteiger partial charge < -0.3 is 9.15 Å². The molecule has 29 heavy (non-hydrogen) atoms. The van der Waals surface area contributed by atoms with Gasteiger partial charge in [0.1, 0.15) is 17.0 Å². The van der Waals surface area contributed by atoms with Gasteiger partial charge in [-0.2, -0.15) is 0 Å². The predicted octanol–water partition coefficient (Wildman–Crippen LogP) is 5.35. The molecule has 3 heterocycles. The van der Waals surface area contributed by atoms with E-state index in [0.717, 1.165) is 20.4 Å². The number of anilines is 1. The Bertz CT molecular complexity index is 1310. The average Bonchev–Trinajstić information content (AvgIpc) is 3.50. The van der Waals surface area contributed by atoms with Gasteiger partial charge in [0.25, 0.3) is 5.91 Å². The molecule has 0 aliphatic heterocycles. The summed E-state index contributed by atoms with van der Waals surface area (Å²) >= 11 is 2.96. The summed E-state index contributed by atoms with van der Waals surface area (Å²) in [5.41, 5.74) is 3.98. The Morgan fingerprint density at radius 3 is 2.93 bits per heavy atom. The van der Waals surface area contributed by atoms with Crippen LogP contribution < -0.4 is 9.64 Å². The van der Waals surface area contributed by atoms with E-state index in [9.17, 15) is 4.79 Å². The van der Waals surface area contributed by atoms with Crippen molar-refractivity contribution in [3.63, 3.8) is 0 Å². The largest absolute Gasteiger partial charge is 0.494 e. The van der Waals surface area contributed by atoms with Crippen LogP contribution in [0.1, 0.15) is 16.1 Å². The number of para-hydroxylation sites is 1. The first-order chi connectivity index (χ1) is 14.2. The fraction of sp³-hybridized carbons (Fsp3) is 0.0952. The molecule has 5 rings (SSSR count). The van der Waals surface area contributed by atoms with E-state index in [1.807, 2.05) is 42.5 Å². The van der Waals surface area contributed by atoms with Gasteiger partial charge in [-0.25, -0.2) is 9.97 Å². The van der Waals surface area contributed by atoms with Crippen molar-refractivity contribution in [3.05, 3.63) is 71.6 Å². The molecule has 0 N–H and O–H groups in total. The van der Waals surface area contributed by atoms with Gasteiger partial charge in [-0.05, 0) is 42.5 Å². The molecule has 0 bridgehead atoms. The summed E-state index contributed by atoms with van der Waals surface area (Å²) in [4.78, 5) is 24.1. The van der Waals surface area contributed by atoms with Crippen LogP contribution >= 0.6 is 22.7 Å². The highest BCUT2D eigenvalue weighted by Crippen LogP contribution is 2.35. The van der Waals surface area contributed by atoms with Crippen LogP contribution in [0.25, 0.3) is 20.4 Å². The Labute approximate surface area is 174 Å². The highest BCUT2D eigenvalue weighted by Gasteiger charge is 2.24. The van der Waals surface area contributed by atoms with Crippen LogP contribution in [0.5, 0.6) is 5.75 Å². The monoisotopic (exact) mass is 421 g/mol. The topological polar surface area (TPSA) is 68.5 Å². The Hall–Kier alpha value is -3.23. The number of furan rings is 1. The number of ether oxygens (including phenoxy) is 1. The lowest BCUT2D eigenvalue weighted by Gasteiger charge is -2.18. The standard InChI is InChI=1S/C21H15N3O3S2/c1-26-16-5-2-6-17-19(16)23-21(29-17)24(11-14-4-3-9-27-14)20(25)13-7-8-15-18(10-13)28-12-22-15/h2-10,12H,11H2,1H3. The first-order valence-electron chi connectivity index (χ1n) is 8.84. The predicted molar refractivity (Wildman–Crippen MR) is 115 cm³/mol. The molecule has 0 saturated heterocycles. The minimum absolute atomic E-state index is 0.144. The Morgan fingerprint density at radius 2 is 2.10 bits per heavy atom. The number of thiazole rings is 2. The number of carbonyl (C=O) groups excluding carboxylic acids is 1. The van der Waals surface area contributed by atoms with Gasteiger partial charge in [-0.1, -0.05) is 17.4 Å². The average molecular weight is 422 g/mol. The van der Waals surface area contributed by atoms with Crippen molar-refractivity contribution < 1.29 is 13.9 Å². The minimum Gasteiger partial charge on any atom is -0.494 e. The maximum Gasteiger partial charge on any atom is 0.260 e. The molecule has 6 nitrogen and oxygen atoms in total. The van der Waals surface area contributed by atoms with Crippen molar-refractivity contribution in [1.29, 1.82) is 0 Å². The first kappa shape index (κ1) is 17.8. The molecule has 1 amide bonds. The van der Waals surface area contributed by atoms with Gasteiger partial charge >= 0.3 is 0 Å². The molecule has 0 unspecified atom stereocenters. The van der Waals surface area contributed by atoms with Crippen LogP contribution in [0.15, 0.2) is 64.7 Å². The number of hydrogen-bond donors (Lipinski definition) is 0. The third-order valence-electron chi connectivity index (χ3n) is 4.54. The number of carbonyl (C=O) groups is 1. The van der Waals surface area contributed by atoms with E-state index in [1.165, 1.54) is 22.7 Å². The van der Waals surface area contributed by atoms with Crippen molar-refractivity contribution in [2.24, 2.45) is 0 Å². The molecule has 144 valence electrons. The zero-order chi connectivity index (χ0) is 19.8. The normalized spacial score (nSPS) is 11.2. The SMILES string of the molecule is COc1cccc2sc(N(Cc3ccco3)C(=O)c3ccc4ncsc4c3)nc12. The van der Waals surface area contributed by atoms with Crippen molar-refractivity contribution in [2.45, 2.75) is 6.54 Å². The number of aromatic nitrogens is 2. The van der Waals surface area contributed by atoms with Crippen LogP contribution in [0.3, 0.4) is 0 Å². The summed E-state index contributed by atoms with van der Waals surface area (Å²) in [6.07, 6.45) is 1.60. The molecule has 5 aromatic rings. The molecule has 8 heteroatoms. The summed E-state index contributed by atoms with van der Waals surface area (Å²) in [7, 11) is 1.61. The molecule has 0 aliphatic rings. The van der Waals surface area contributed by atoms with E-state index in [2.05, 4.69) is 4.98 Å². The lowest BCUT2D eigenvalue weighted by atomic mass is 10.2. The number of amides is 1. The molecule has 0 saturated carbocycles. The number of rotatable bonds is 5. The van der Waals surface area contributed by atoms with Crippen molar-refractivity contribution in [3.8, 4) is 5.75 Å². The minimum atomic E-state index is -0.144. The van der Waals surface area contributed by atoms with Crippen LogP contribution in [0, 0.1) is 0 Å². The lowest BCUT2D eigenvalue weighted by Crippen LogP contribution is -2.30. The van der Waals surface area contributed by atoms with Crippen LogP contribution in [-0.2, 0) is 6.54 Å². The molecule has 3 aromatic heterocycles. The number of nitrogens with zero attached hydrogens (tertiary/aromatic N) is 3. The Kier molecular flexibility index (Phi) is 4.49. The van der Waals surface area contributed by atoms with E-state index in [-0.39, 0.29) is 12.5 Å². The smallest absolute Gasteiger partial charge is 0.260 e. The molecular formula is C21H15N3O3S2. The molecule has 2 aromatic carbocycles. The summed E-state index contributed by atoms with van der Waals surface area (Å²) in [5.74, 6) is 1.22. The van der Waals surface area contributed by atoms with Crippen molar-refractivity contribution >= 4 is 54.1 Å².